The Balaban J connectivity index is 1.74. The van der Waals surface area contributed by atoms with Crippen LogP contribution in [0.3, 0.4) is 0 Å². The van der Waals surface area contributed by atoms with Gasteiger partial charge in [0, 0.05) is 62.1 Å². The summed E-state index contributed by atoms with van der Waals surface area (Å²) in [5.41, 5.74) is 0.679. The number of aliphatic hydroxyl groups excluding tert-OH is 1. The van der Waals surface area contributed by atoms with Gasteiger partial charge in [-0.3, -0.25) is 14.4 Å². The Hall–Kier alpha value is -2.69. The summed E-state index contributed by atoms with van der Waals surface area (Å²) >= 11 is 3.79. The van der Waals surface area contributed by atoms with Gasteiger partial charge in [-0.15, -0.1) is 13.2 Å². The second-order valence-electron chi connectivity index (χ2n) is 12.3. The van der Waals surface area contributed by atoms with Gasteiger partial charge >= 0.3 is 0 Å². The molecule has 1 spiro atoms. The zero-order valence-corrected chi connectivity index (χ0v) is 28.8. The van der Waals surface area contributed by atoms with Crippen LogP contribution < -0.4 is 9.80 Å². The van der Waals surface area contributed by atoms with E-state index < -0.39 is 29.6 Å². The van der Waals surface area contributed by atoms with Crippen LogP contribution >= 0.6 is 15.9 Å². The van der Waals surface area contributed by atoms with Crippen molar-refractivity contribution in [1.82, 2.24) is 9.80 Å². The monoisotopic (exact) mass is 686 g/mol. The van der Waals surface area contributed by atoms with Crippen molar-refractivity contribution < 1.29 is 24.2 Å². The summed E-state index contributed by atoms with van der Waals surface area (Å²) in [6, 6.07) is 7.06. The average Bonchev–Trinajstić information content (AvgIpc) is 3.63. The van der Waals surface area contributed by atoms with Crippen LogP contribution in [-0.4, -0.2) is 101 Å². The highest BCUT2D eigenvalue weighted by atomic mass is 79.9. The van der Waals surface area contributed by atoms with Crippen LogP contribution in [0.1, 0.15) is 59.3 Å². The van der Waals surface area contributed by atoms with E-state index in [2.05, 4.69) is 47.8 Å². The number of rotatable bonds is 18. The molecule has 3 amide bonds. The van der Waals surface area contributed by atoms with Gasteiger partial charge in [0.2, 0.25) is 11.8 Å². The SMILES string of the molecule is C=CCN(CCC)C(=O)[C@H]1[C@@H]2OC3(CC2Br)C(C(=O)N(CC=C)c2ccc(N(CC)CC)cc2)N(CCCCCCO)C(=O)[C@H]13. The van der Waals surface area contributed by atoms with Crippen molar-refractivity contribution in [2.24, 2.45) is 11.8 Å². The molecule has 248 valence electrons. The third kappa shape index (κ3) is 6.74. The third-order valence-corrected chi connectivity index (χ3v) is 10.5. The lowest BCUT2D eigenvalue weighted by Crippen LogP contribution is -2.57. The molecule has 3 fully saturated rings. The van der Waals surface area contributed by atoms with Crippen LogP contribution in [0, 0.1) is 11.8 Å². The molecule has 0 saturated carbocycles. The lowest BCUT2D eigenvalue weighted by Gasteiger charge is -2.37. The van der Waals surface area contributed by atoms with Crippen molar-refractivity contribution in [3.05, 3.63) is 49.6 Å². The first-order valence-corrected chi connectivity index (χ1v) is 17.6. The number of carbonyl (C=O) groups is 3. The normalized spacial score (nSPS) is 26.6. The highest BCUT2D eigenvalue weighted by molar-refractivity contribution is 9.09. The van der Waals surface area contributed by atoms with Crippen molar-refractivity contribution in [3.63, 3.8) is 0 Å². The van der Waals surface area contributed by atoms with Crippen molar-refractivity contribution in [2.45, 2.75) is 81.9 Å². The number of nitrogens with zero attached hydrogens (tertiary/aromatic N) is 4. The highest BCUT2D eigenvalue weighted by Gasteiger charge is 2.76. The zero-order chi connectivity index (χ0) is 32.7. The van der Waals surface area contributed by atoms with Crippen molar-refractivity contribution in [3.8, 4) is 0 Å². The van der Waals surface area contributed by atoms with Gasteiger partial charge in [0.15, 0.2) is 0 Å². The molecule has 1 aromatic carbocycles. The molecule has 10 heteroatoms. The topological polar surface area (TPSA) is 93.6 Å². The van der Waals surface area contributed by atoms with E-state index in [0.29, 0.717) is 38.9 Å². The number of benzene rings is 1. The minimum absolute atomic E-state index is 0.114. The van der Waals surface area contributed by atoms with Gasteiger partial charge in [-0.25, -0.2) is 0 Å². The first kappa shape index (κ1) is 35.2. The van der Waals surface area contributed by atoms with Crippen LogP contribution in [0.15, 0.2) is 49.6 Å². The molecule has 4 rings (SSSR count). The number of unbranched alkanes of at least 4 members (excludes halogenated alkanes) is 3. The van der Waals surface area contributed by atoms with Gasteiger partial charge in [0.25, 0.3) is 5.91 Å². The molecule has 3 aliphatic heterocycles. The number of alkyl halides is 1. The number of anilines is 2. The Bertz CT molecular complexity index is 1210. The fourth-order valence-corrected chi connectivity index (χ4v) is 8.58. The number of ether oxygens (including phenoxy) is 1. The standard InChI is InChI=1S/C35H51BrN4O5/c1-6-19-38(20-7-2)32(42)28-29-33(43)40(22-13-11-12-14-23-41)31(35(29)24-27(36)30(28)45-35)34(44)39(21-8-3)26-17-15-25(16-18-26)37(9-4)10-5/h6,8,15-18,27-31,41H,1,3,7,9-14,19-24H2,2,4-5H3/t27?,28-,29+,30-,31?,35?/m1/s1. The fraction of sp³-hybridized carbons (Fsp3) is 0.629. The number of halogens is 1. The Morgan fingerprint density at radius 1 is 1.02 bits per heavy atom. The fourth-order valence-electron chi connectivity index (χ4n) is 7.64. The molecular weight excluding hydrogens is 636 g/mol. The number of likely N-dealkylation sites (tertiary alicyclic amines) is 1. The van der Waals surface area contributed by atoms with Crippen LogP contribution in [-0.2, 0) is 19.1 Å². The Kier molecular flexibility index (Phi) is 12.3. The molecule has 6 atom stereocenters. The van der Waals surface area contributed by atoms with Gasteiger partial charge in [0.05, 0.1) is 17.9 Å². The van der Waals surface area contributed by atoms with Crippen LogP contribution in [0.5, 0.6) is 0 Å². The Morgan fingerprint density at radius 3 is 2.27 bits per heavy atom. The predicted molar refractivity (Wildman–Crippen MR) is 183 cm³/mol. The van der Waals surface area contributed by atoms with Gasteiger partial charge in [-0.1, -0.05) is 47.8 Å². The maximum Gasteiger partial charge on any atom is 0.253 e. The molecule has 45 heavy (non-hydrogen) atoms. The number of aliphatic hydroxyl groups is 1. The summed E-state index contributed by atoms with van der Waals surface area (Å²) in [6.45, 7) is 17.5. The minimum Gasteiger partial charge on any atom is -0.396 e. The molecular formula is C35H51BrN4O5. The minimum atomic E-state index is -1.12. The maximum atomic E-state index is 14.8. The molecule has 3 unspecified atom stereocenters. The Labute approximate surface area is 277 Å². The average molecular weight is 688 g/mol. The first-order chi connectivity index (χ1) is 21.7. The molecule has 3 heterocycles. The molecule has 1 aromatic rings. The molecule has 2 bridgehead atoms. The van der Waals surface area contributed by atoms with E-state index >= 15 is 0 Å². The van der Waals surface area contributed by atoms with Gasteiger partial charge in [0.1, 0.15) is 11.6 Å². The number of fused-ring (bicyclic) bond motifs is 1. The molecule has 3 saturated heterocycles. The van der Waals surface area contributed by atoms with E-state index in [1.165, 1.54) is 0 Å². The molecule has 1 N–H and O–H groups in total. The van der Waals surface area contributed by atoms with E-state index in [1.807, 2.05) is 31.2 Å². The third-order valence-electron chi connectivity index (χ3n) is 9.64. The second-order valence-corrected chi connectivity index (χ2v) is 13.5. The molecule has 3 aliphatic rings. The van der Waals surface area contributed by atoms with Crippen molar-refractivity contribution in [2.75, 3.05) is 55.7 Å². The lowest BCUT2D eigenvalue weighted by molar-refractivity contribution is -0.145. The first-order valence-electron chi connectivity index (χ1n) is 16.6. The Morgan fingerprint density at radius 2 is 1.67 bits per heavy atom. The summed E-state index contributed by atoms with van der Waals surface area (Å²) in [7, 11) is 0. The van der Waals surface area contributed by atoms with E-state index in [9.17, 15) is 19.5 Å². The van der Waals surface area contributed by atoms with Crippen LogP contribution in [0.2, 0.25) is 0 Å². The van der Waals surface area contributed by atoms with E-state index in [-0.39, 0.29) is 35.7 Å². The molecule has 0 aromatic heterocycles. The second kappa shape index (κ2) is 15.7. The molecule has 0 radical (unpaired) electrons. The number of carbonyl (C=O) groups excluding carboxylic acids is 3. The van der Waals surface area contributed by atoms with Crippen LogP contribution in [0.25, 0.3) is 0 Å². The number of hydrogen-bond donors (Lipinski definition) is 1. The summed E-state index contributed by atoms with van der Waals surface area (Å²) in [5, 5.41) is 9.25. The summed E-state index contributed by atoms with van der Waals surface area (Å²) in [4.78, 5) is 50.7. The smallest absolute Gasteiger partial charge is 0.253 e. The predicted octanol–water partition coefficient (Wildman–Crippen LogP) is 4.78. The van der Waals surface area contributed by atoms with Gasteiger partial charge in [-0.05, 0) is 63.8 Å². The highest BCUT2D eigenvalue weighted by Crippen LogP contribution is 2.60. The summed E-state index contributed by atoms with van der Waals surface area (Å²) in [5.74, 6) is -1.94. The molecule has 9 nitrogen and oxygen atoms in total. The van der Waals surface area contributed by atoms with Gasteiger partial charge < -0.3 is 29.4 Å². The van der Waals surface area contributed by atoms with E-state index in [0.717, 1.165) is 43.7 Å². The van der Waals surface area contributed by atoms with Crippen molar-refractivity contribution in [1.29, 1.82) is 0 Å². The number of amides is 3. The summed E-state index contributed by atoms with van der Waals surface area (Å²) < 4.78 is 6.76. The zero-order valence-electron chi connectivity index (χ0n) is 27.2. The van der Waals surface area contributed by atoms with Gasteiger partial charge in [-0.2, -0.15) is 0 Å². The molecule has 0 aliphatic carbocycles. The van der Waals surface area contributed by atoms with E-state index in [4.69, 9.17) is 4.74 Å². The quantitative estimate of drug-likeness (QED) is 0.136. The largest absolute Gasteiger partial charge is 0.396 e. The lowest BCUT2D eigenvalue weighted by atomic mass is 9.70. The maximum absolute atomic E-state index is 14.8. The number of hydrogen-bond acceptors (Lipinski definition) is 6. The summed E-state index contributed by atoms with van der Waals surface area (Å²) in [6.07, 6.45) is 7.21. The van der Waals surface area contributed by atoms with E-state index in [1.54, 1.807) is 26.9 Å². The van der Waals surface area contributed by atoms with Crippen molar-refractivity contribution >= 4 is 45.0 Å². The van der Waals surface area contributed by atoms with Crippen LogP contribution in [0.4, 0.5) is 11.4 Å².